The Morgan fingerprint density at radius 2 is 2.06 bits per heavy atom. The second kappa shape index (κ2) is 6.28. The summed E-state index contributed by atoms with van der Waals surface area (Å²) in [4.78, 5) is 11.6. The molecule has 87 valence electrons. The molecule has 1 rings (SSSR count). The van der Waals surface area contributed by atoms with Gasteiger partial charge in [0.25, 0.3) is 0 Å². The number of amides is 1. The van der Waals surface area contributed by atoms with Crippen LogP contribution < -0.4 is 11.1 Å². The van der Waals surface area contributed by atoms with Crippen molar-refractivity contribution in [1.29, 1.82) is 0 Å². The third kappa shape index (κ3) is 4.45. The molecule has 0 saturated carbocycles. The topological polar surface area (TPSA) is 55.1 Å². The third-order valence-corrected chi connectivity index (χ3v) is 2.32. The molecule has 3 nitrogen and oxygen atoms in total. The second-order valence-corrected chi connectivity index (χ2v) is 4.36. The quantitative estimate of drug-likeness (QED) is 0.788. The Bertz CT molecular complexity index is 322. The average molecular weight is 219 g/mol. The number of hydrogen-bond donors (Lipinski definition) is 2. The number of benzene rings is 1. The van der Waals surface area contributed by atoms with Gasteiger partial charge in [-0.1, -0.05) is 38.1 Å². The van der Waals surface area contributed by atoms with Crippen molar-refractivity contribution in [3.63, 3.8) is 0 Å². The van der Waals surface area contributed by atoms with E-state index in [0.29, 0.717) is 18.9 Å². The lowest BCUT2D eigenvalue weighted by Gasteiger charge is -2.14. The van der Waals surface area contributed by atoms with E-state index in [1.54, 1.807) is 0 Å². The van der Waals surface area contributed by atoms with Crippen LogP contribution in [0.2, 0.25) is 0 Å². The average Bonchev–Trinajstić information content (AvgIpc) is 2.26. The van der Waals surface area contributed by atoms with E-state index in [4.69, 9.17) is 5.73 Å². The summed E-state index contributed by atoms with van der Waals surface area (Å²) in [7, 11) is 0. The molecule has 1 radical (unpaired) electrons. The summed E-state index contributed by atoms with van der Waals surface area (Å²) in [6.07, 6.45) is 0.717. The van der Waals surface area contributed by atoms with Gasteiger partial charge in [0.15, 0.2) is 0 Å². The minimum absolute atomic E-state index is 0.0819. The highest BCUT2D eigenvalue weighted by Gasteiger charge is 2.13. The number of nitrogens with one attached hydrogen (secondary N) is 1. The molecule has 0 aliphatic rings. The minimum Gasteiger partial charge on any atom is -0.351 e. The van der Waals surface area contributed by atoms with Crippen LogP contribution >= 0.6 is 0 Å². The van der Waals surface area contributed by atoms with Gasteiger partial charge in [-0.25, -0.2) is 0 Å². The largest absolute Gasteiger partial charge is 0.351 e. The molecule has 0 aliphatic carbocycles. The molecule has 16 heavy (non-hydrogen) atoms. The van der Waals surface area contributed by atoms with Crippen LogP contribution in [0.5, 0.6) is 0 Å². The van der Waals surface area contributed by atoms with Gasteiger partial charge in [-0.05, 0) is 24.0 Å². The summed E-state index contributed by atoms with van der Waals surface area (Å²) in [6.45, 7) is 4.64. The molecule has 3 N–H and O–H groups in total. The van der Waals surface area contributed by atoms with Crippen molar-refractivity contribution in [3.05, 3.63) is 35.9 Å². The Morgan fingerprint density at radius 1 is 1.44 bits per heavy atom. The molecule has 0 bridgehead atoms. The van der Waals surface area contributed by atoms with Gasteiger partial charge < -0.3 is 11.1 Å². The molecule has 0 unspecified atom stereocenters. The smallest absolute Gasteiger partial charge is 0.237 e. The Kier molecular flexibility index (Phi) is 4.99. The molecule has 0 saturated heterocycles. The first-order valence-corrected chi connectivity index (χ1v) is 5.58. The van der Waals surface area contributed by atoms with Crippen molar-refractivity contribution in [1.82, 2.24) is 5.32 Å². The van der Waals surface area contributed by atoms with Crippen molar-refractivity contribution in [2.75, 3.05) is 0 Å². The van der Waals surface area contributed by atoms with Crippen molar-refractivity contribution in [3.8, 4) is 0 Å². The Labute approximate surface area is 97.0 Å². The number of hydrogen-bond acceptors (Lipinski definition) is 2. The Hall–Kier alpha value is -1.35. The highest BCUT2D eigenvalue weighted by atomic mass is 16.2. The first-order chi connectivity index (χ1) is 7.59. The van der Waals surface area contributed by atoms with Crippen molar-refractivity contribution >= 4 is 5.91 Å². The fourth-order valence-electron chi connectivity index (χ4n) is 1.47. The molecule has 0 aromatic heterocycles. The SMILES string of the molecule is CC(C)C[C@H](N)C(=O)NCc1cc[c]cc1. The zero-order valence-corrected chi connectivity index (χ0v) is 9.86. The summed E-state index contributed by atoms with van der Waals surface area (Å²) in [5.41, 5.74) is 6.82. The van der Waals surface area contributed by atoms with Gasteiger partial charge in [0.1, 0.15) is 0 Å². The van der Waals surface area contributed by atoms with Crippen LogP contribution in [-0.4, -0.2) is 11.9 Å². The van der Waals surface area contributed by atoms with E-state index in [1.807, 2.05) is 24.3 Å². The zero-order chi connectivity index (χ0) is 12.0. The van der Waals surface area contributed by atoms with Gasteiger partial charge in [0.2, 0.25) is 5.91 Å². The predicted molar refractivity (Wildman–Crippen MR) is 64.6 cm³/mol. The van der Waals surface area contributed by atoms with Gasteiger partial charge in [0, 0.05) is 6.54 Å². The first-order valence-electron chi connectivity index (χ1n) is 5.58. The fraction of sp³-hybridized carbons (Fsp3) is 0.462. The lowest BCUT2D eigenvalue weighted by Crippen LogP contribution is -2.40. The van der Waals surface area contributed by atoms with Gasteiger partial charge in [0.05, 0.1) is 6.04 Å². The molecule has 1 atom stereocenters. The summed E-state index contributed by atoms with van der Waals surface area (Å²) in [6, 6.07) is 10.0. The molecule has 0 aliphatic heterocycles. The number of nitrogens with two attached hydrogens (primary N) is 1. The summed E-state index contributed by atoms with van der Waals surface area (Å²) in [5, 5.41) is 2.83. The maximum atomic E-state index is 11.6. The monoisotopic (exact) mass is 219 g/mol. The Morgan fingerprint density at radius 3 is 2.62 bits per heavy atom. The second-order valence-electron chi connectivity index (χ2n) is 4.36. The van der Waals surface area contributed by atoms with Crippen LogP contribution in [0.3, 0.4) is 0 Å². The molecule has 3 heteroatoms. The van der Waals surface area contributed by atoms with E-state index in [-0.39, 0.29) is 5.91 Å². The first kappa shape index (κ1) is 12.7. The standard InChI is InChI=1S/C13H19N2O/c1-10(2)8-12(14)13(16)15-9-11-6-4-3-5-7-11/h4-7,10,12H,8-9,14H2,1-2H3,(H,15,16)/t12-/m0/s1. The minimum atomic E-state index is -0.407. The molecule has 0 fully saturated rings. The van der Waals surface area contributed by atoms with E-state index < -0.39 is 6.04 Å². The predicted octanol–water partition coefficient (Wildman–Crippen LogP) is 1.48. The van der Waals surface area contributed by atoms with Crippen molar-refractivity contribution in [2.45, 2.75) is 32.9 Å². The fourth-order valence-corrected chi connectivity index (χ4v) is 1.47. The normalized spacial score (nSPS) is 12.5. The van der Waals surface area contributed by atoms with Gasteiger partial charge in [-0.3, -0.25) is 4.79 Å². The van der Waals surface area contributed by atoms with Crippen LogP contribution in [0, 0.1) is 12.0 Å². The van der Waals surface area contributed by atoms with E-state index in [1.165, 1.54) is 0 Å². The van der Waals surface area contributed by atoms with Crippen LogP contribution in [0.25, 0.3) is 0 Å². The van der Waals surface area contributed by atoms with E-state index in [2.05, 4.69) is 25.2 Å². The van der Waals surface area contributed by atoms with E-state index in [0.717, 1.165) is 5.56 Å². The molecular weight excluding hydrogens is 200 g/mol. The lowest BCUT2D eigenvalue weighted by atomic mass is 10.0. The number of carbonyl (C=O) groups excluding carboxylic acids is 1. The van der Waals surface area contributed by atoms with Crippen LogP contribution in [0.4, 0.5) is 0 Å². The molecule has 1 aromatic rings. The van der Waals surface area contributed by atoms with E-state index >= 15 is 0 Å². The van der Waals surface area contributed by atoms with Gasteiger partial charge in [-0.2, -0.15) is 0 Å². The third-order valence-electron chi connectivity index (χ3n) is 2.32. The van der Waals surface area contributed by atoms with Gasteiger partial charge in [-0.15, -0.1) is 0 Å². The number of rotatable bonds is 5. The number of carbonyl (C=O) groups is 1. The summed E-state index contributed by atoms with van der Waals surface area (Å²) in [5.74, 6) is 0.355. The zero-order valence-electron chi connectivity index (χ0n) is 9.86. The molecular formula is C13H19N2O. The summed E-state index contributed by atoms with van der Waals surface area (Å²) < 4.78 is 0. The molecule has 0 spiro atoms. The Balaban J connectivity index is 2.35. The molecule has 1 aromatic carbocycles. The molecule has 0 heterocycles. The summed E-state index contributed by atoms with van der Waals surface area (Å²) >= 11 is 0. The van der Waals surface area contributed by atoms with Crippen molar-refractivity contribution in [2.24, 2.45) is 11.7 Å². The highest BCUT2D eigenvalue weighted by molar-refractivity contribution is 5.81. The van der Waals surface area contributed by atoms with Crippen LogP contribution in [0.1, 0.15) is 25.8 Å². The maximum absolute atomic E-state index is 11.6. The van der Waals surface area contributed by atoms with Crippen molar-refractivity contribution < 1.29 is 4.79 Å². The highest BCUT2D eigenvalue weighted by Crippen LogP contribution is 2.03. The van der Waals surface area contributed by atoms with Gasteiger partial charge >= 0.3 is 0 Å². The molecule has 1 amide bonds. The maximum Gasteiger partial charge on any atom is 0.237 e. The van der Waals surface area contributed by atoms with Crippen LogP contribution in [0.15, 0.2) is 24.3 Å². The van der Waals surface area contributed by atoms with E-state index in [9.17, 15) is 4.79 Å². The lowest BCUT2D eigenvalue weighted by molar-refractivity contribution is -0.122. The van der Waals surface area contributed by atoms with Crippen LogP contribution in [-0.2, 0) is 11.3 Å².